The molecule has 4 heteroatoms. The molecule has 2 aromatic rings. The fourth-order valence-corrected chi connectivity index (χ4v) is 2.08. The molecule has 0 bridgehead atoms. The van der Waals surface area contributed by atoms with E-state index in [1.54, 1.807) is 24.5 Å². The number of carbonyl (C=O) groups is 1. The molecular formula is C16H19N3O. The van der Waals surface area contributed by atoms with E-state index in [2.05, 4.69) is 25.8 Å². The Balaban J connectivity index is 2.71. The summed E-state index contributed by atoms with van der Waals surface area (Å²) in [4.78, 5) is 15.7. The highest BCUT2D eigenvalue weighted by Gasteiger charge is 2.19. The number of amides is 1. The van der Waals surface area contributed by atoms with Crippen LogP contribution in [-0.4, -0.2) is 10.9 Å². The van der Waals surface area contributed by atoms with Crippen LogP contribution in [0.15, 0.2) is 36.7 Å². The molecule has 0 atom stereocenters. The summed E-state index contributed by atoms with van der Waals surface area (Å²) in [6.07, 6.45) is 3.28. The standard InChI is InChI=1S/C16H19N3O/c1-16(2,3)10-4-5-11(15(18)20)12(8-10)13-9-19-7-6-14(13)17/h4-9H,1-3H3,(H2,17,19)(H2,18,20). The van der Waals surface area contributed by atoms with E-state index < -0.39 is 5.91 Å². The maximum absolute atomic E-state index is 11.6. The lowest BCUT2D eigenvalue weighted by Gasteiger charge is -2.21. The zero-order valence-electron chi connectivity index (χ0n) is 12.0. The van der Waals surface area contributed by atoms with Crippen LogP contribution in [0, 0.1) is 0 Å². The van der Waals surface area contributed by atoms with E-state index in [-0.39, 0.29) is 5.41 Å². The largest absolute Gasteiger partial charge is 0.398 e. The smallest absolute Gasteiger partial charge is 0.249 e. The van der Waals surface area contributed by atoms with Gasteiger partial charge in [-0.2, -0.15) is 0 Å². The van der Waals surface area contributed by atoms with Crippen molar-refractivity contribution in [1.82, 2.24) is 4.98 Å². The molecule has 0 aliphatic heterocycles. The number of aromatic nitrogens is 1. The van der Waals surface area contributed by atoms with E-state index in [0.29, 0.717) is 11.3 Å². The Morgan fingerprint density at radius 3 is 2.40 bits per heavy atom. The Morgan fingerprint density at radius 2 is 1.85 bits per heavy atom. The second-order valence-electron chi connectivity index (χ2n) is 5.84. The van der Waals surface area contributed by atoms with E-state index in [9.17, 15) is 4.79 Å². The molecule has 1 aromatic carbocycles. The number of carbonyl (C=O) groups excluding carboxylic acids is 1. The van der Waals surface area contributed by atoms with Crippen LogP contribution in [0.1, 0.15) is 36.7 Å². The average Bonchev–Trinajstić information content (AvgIpc) is 2.37. The normalized spacial score (nSPS) is 11.3. The molecular weight excluding hydrogens is 250 g/mol. The zero-order valence-corrected chi connectivity index (χ0v) is 12.0. The predicted molar refractivity (Wildman–Crippen MR) is 81.3 cm³/mol. The molecule has 0 spiro atoms. The van der Waals surface area contributed by atoms with E-state index in [1.807, 2.05) is 12.1 Å². The van der Waals surface area contributed by atoms with Gasteiger partial charge in [-0.05, 0) is 34.7 Å². The van der Waals surface area contributed by atoms with Crippen LogP contribution in [0.5, 0.6) is 0 Å². The minimum Gasteiger partial charge on any atom is -0.398 e. The molecule has 4 N–H and O–H groups in total. The zero-order chi connectivity index (χ0) is 14.9. The Morgan fingerprint density at radius 1 is 1.15 bits per heavy atom. The summed E-state index contributed by atoms with van der Waals surface area (Å²) >= 11 is 0. The van der Waals surface area contributed by atoms with Crippen molar-refractivity contribution >= 4 is 11.6 Å². The first kappa shape index (κ1) is 14.1. The van der Waals surface area contributed by atoms with Gasteiger partial charge in [0.25, 0.3) is 0 Å². The molecule has 0 saturated carbocycles. The molecule has 0 unspecified atom stereocenters. The molecule has 2 rings (SSSR count). The van der Waals surface area contributed by atoms with Crippen molar-refractivity contribution in [3.63, 3.8) is 0 Å². The lowest BCUT2D eigenvalue weighted by molar-refractivity contribution is 0.100. The molecule has 0 saturated heterocycles. The fourth-order valence-electron chi connectivity index (χ4n) is 2.08. The highest BCUT2D eigenvalue weighted by molar-refractivity contribution is 6.01. The Kier molecular flexibility index (Phi) is 3.49. The van der Waals surface area contributed by atoms with E-state index in [1.165, 1.54) is 0 Å². The van der Waals surface area contributed by atoms with Gasteiger partial charge in [-0.15, -0.1) is 0 Å². The fraction of sp³-hybridized carbons (Fsp3) is 0.250. The average molecular weight is 269 g/mol. The Bertz CT molecular complexity index is 657. The quantitative estimate of drug-likeness (QED) is 0.879. The number of rotatable bonds is 2. The van der Waals surface area contributed by atoms with Crippen LogP contribution in [-0.2, 0) is 5.41 Å². The molecule has 0 radical (unpaired) electrons. The highest BCUT2D eigenvalue weighted by Crippen LogP contribution is 2.32. The molecule has 1 amide bonds. The van der Waals surface area contributed by atoms with Crippen molar-refractivity contribution < 1.29 is 4.79 Å². The van der Waals surface area contributed by atoms with Crippen molar-refractivity contribution in [1.29, 1.82) is 0 Å². The van der Waals surface area contributed by atoms with Gasteiger partial charge in [0.1, 0.15) is 0 Å². The second kappa shape index (κ2) is 4.96. The summed E-state index contributed by atoms with van der Waals surface area (Å²) in [5.41, 5.74) is 15.0. The second-order valence-corrected chi connectivity index (χ2v) is 5.84. The third kappa shape index (κ3) is 2.64. The summed E-state index contributed by atoms with van der Waals surface area (Å²) in [6, 6.07) is 7.36. The Hall–Kier alpha value is -2.36. The molecule has 20 heavy (non-hydrogen) atoms. The molecule has 0 fully saturated rings. The number of benzene rings is 1. The molecule has 104 valence electrons. The van der Waals surface area contributed by atoms with Gasteiger partial charge in [-0.3, -0.25) is 9.78 Å². The van der Waals surface area contributed by atoms with Crippen molar-refractivity contribution in [2.24, 2.45) is 5.73 Å². The summed E-state index contributed by atoms with van der Waals surface area (Å²) < 4.78 is 0. The van der Waals surface area contributed by atoms with Gasteiger partial charge in [0, 0.05) is 29.2 Å². The summed E-state index contributed by atoms with van der Waals surface area (Å²) in [7, 11) is 0. The minimum absolute atomic E-state index is 0.0259. The topological polar surface area (TPSA) is 82.0 Å². The number of hydrogen-bond acceptors (Lipinski definition) is 3. The highest BCUT2D eigenvalue weighted by atomic mass is 16.1. The van der Waals surface area contributed by atoms with Crippen LogP contribution in [0.25, 0.3) is 11.1 Å². The summed E-state index contributed by atoms with van der Waals surface area (Å²) in [5, 5.41) is 0. The number of primary amides is 1. The number of anilines is 1. The first-order chi connectivity index (χ1) is 9.30. The van der Waals surface area contributed by atoms with Crippen molar-refractivity contribution in [2.75, 3.05) is 5.73 Å². The van der Waals surface area contributed by atoms with E-state index in [4.69, 9.17) is 11.5 Å². The summed E-state index contributed by atoms with van der Waals surface area (Å²) in [6.45, 7) is 6.34. The Labute approximate surface area is 118 Å². The van der Waals surface area contributed by atoms with Gasteiger partial charge >= 0.3 is 0 Å². The maximum Gasteiger partial charge on any atom is 0.249 e. The number of nitrogen functional groups attached to an aromatic ring is 1. The van der Waals surface area contributed by atoms with E-state index in [0.717, 1.165) is 16.7 Å². The molecule has 1 heterocycles. The van der Waals surface area contributed by atoms with Crippen LogP contribution in [0.4, 0.5) is 5.69 Å². The molecule has 4 nitrogen and oxygen atoms in total. The molecule has 0 aliphatic carbocycles. The predicted octanol–water partition coefficient (Wildman–Crippen LogP) is 2.73. The van der Waals surface area contributed by atoms with Crippen molar-refractivity contribution in [2.45, 2.75) is 26.2 Å². The molecule has 0 aliphatic rings. The molecule has 1 aromatic heterocycles. The van der Waals surface area contributed by atoms with Gasteiger partial charge in [0.2, 0.25) is 5.91 Å². The van der Waals surface area contributed by atoms with Gasteiger partial charge in [-0.25, -0.2) is 0 Å². The van der Waals surface area contributed by atoms with Gasteiger partial charge in [-0.1, -0.05) is 26.8 Å². The lowest BCUT2D eigenvalue weighted by Crippen LogP contribution is -2.16. The van der Waals surface area contributed by atoms with Crippen LogP contribution >= 0.6 is 0 Å². The summed E-state index contributed by atoms with van der Waals surface area (Å²) in [5.74, 6) is -0.469. The van der Waals surface area contributed by atoms with Crippen LogP contribution in [0.3, 0.4) is 0 Å². The van der Waals surface area contributed by atoms with E-state index >= 15 is 0 Å². The third-order valence-corrected chi connectivity index (χ3v) is 3.30. The van der Waals surface area contributed by atoms with Gasteiger partial charge in [0.05, 0.1) is 0 Å². The third-order valence-electron chi connectivity index (χ3n) is 3.30. The number of pyridine rings is 1. The first-order valence-corrected chi connectivity index (χ1v) is 6.45. The SMILES string of the molecule is CC(C)(C)c1ccc(C(N)=O)c(-c2cnccc2N)c1. The lowest BCUT2D eigenvalue weighted by atomic mass is 9.84. The first-order valence-electron chi connectivity index (χ1n) is 6.45. The van der Waals surface area contributed by atoms with Gasteiger partial charge in [0.15, 0.2) is 0 Å². The van der Waals surface area contributed by atoms with Gasteiger partial charge < -0.3 is 11.5 Å². The maximum atomic E-state index is 11.6. The number of nitrogens with two attached hydrogens (primary N) is 2. The monoisotopic (exact) mass is 269 g/mol. The van der Waals surface area contributed by atoms with Crippen LogP contribution in [0.2, 0.25) is 0 Å². The van der Waals surface area contributed by atoms with Crippen LogP contribution < -0.4 is 11.5 Å². The van der Waals surface area contributed by atoms with Crippen molar-refractivity contribution in [3.05, 3.63) is 47.8 Å². The number of nitrogens with zero attached hydrogens (tertiary/aromatic N) is 1. The number of hydrogen-bond donors (Lipinski definition) is 2. The van der Waals surface area contributed by atoms with Crippen molar-refractivity contribution in [3.8, 4) is 11.1 Å². The minimum atomic E-state index is -0.469.